The van der Waals surface area contributed by atoms with E-state index >= 15 is 0 Å². The van der Waals surface area contributed by atoms with Gasteiger partial charge in [0.05, 0.1) is 6.61 Å². The summed E-state index contributed by atoms with van der Waals surface area (Å²) < 4.78 is 25.9. The molecule has 0 aromatic heterocycles. The number of phosphoric acid groups is 1. The maximum Gasteiger partial charge on any atom is 0.469 e. The van der Waals surface area contributed by atoms with Crippen LogP contribution in [0.15, 0.2) is 6.08 Å². The number of carbonyl (C=O) groups excluding carboxylic acids is 2. The molecule has 0 amide bonds. The third-order valence-corrected chi connectivity index (χ3v) is 6.02. The Morgan fingerprint density at radius 3 is 1.77 bits per heavy atom. The molecular formula is C26H47O8P-2. The molecule has 8 nitrogen and oxygen atoms in total. The van der Waals surface area contributed by atoms with Crippen molar-refractivity contribution in [1.82, 2.24) is 0 Å². The third-order valence-electron chi connectivity index (χ3n) is 5.54. The van der Waals surface area contributed by atoms with E-state index in [9.17, 15) is 14.2 Å². The number of ether oxygens (including phenoxy) is 2. The molecule has 0 unspecified atom stereocenters. The van der Waals surface area contributed by atoms with Crippen molar-refractivity contribution in [2.24, 2.45) is 0 Å². The highest BCUT2D eigenvalue weighted by atomic mass is 31.2. The quantitative estimate of drug-likeness (QED) is 0.0617. The van der Waals surface area contributed by atoms with Crippen LogP contribution >= 0.6 is 7.82 Å². The van der Waals surface area contributed by atoms with Crippen molar-refractivity contribution in [2.75, 3.05) is 13.2 Å². The standard InChI is InChI=1S/C26H47O8P/c1-3-5-7-9-11-12-13-15-16-18-20-25(27)32-22-24(23-33-35(29,30)31)34-26(28)21-19-17-14-10-8-6-4-2/h2,4,24H,1,3,5-23H2,(H2,29,30,31)/q-2/t24-/m0/s1. The van der Waals surface area contributed by atoms with Crippen LogP contribution in [-0.4, -0.2) is 41.0 Å². The monoisotopic (exact) mass is 518 g/mol. The first-order valence-corrected chi connectivity index (χ1v) is 14.7. The maximum atomic E-state index is 12.1. The van der Waals surface area contributed by atoms with Gasteiger partial charge in [0.2, 0.25) is 0 Å². The molecule has 0 aromatic rings. The van der Waals surface area contributed by atoms with Crippen LogP contribution in [0.4, 0.5) is 0 Å². The van der Waals surface area contributed by atoms with Gasteiger partial charge in [-0.05, 0) is 12.8 Å². The molecule has 0 radical (unpaired) electrons. The van der Waals surface area contributed by atoms with E-state index in [0.717, 1.165) is 57.8 Å². The summed E-state index contributed by atoms with van der Waals surface area (Å²) in [4.78, 5) is 42.0. The Morgan fingerprint density at radius 2 is 1.26 bits per heavy atom. The number of hydrogen-bond donors (Lipinski definition) is 2. The summed E-state index contributed by atoms with van der Waals surface area (Å²) in [5.41, 5.74) is 0. The van der Waals surface area contributed by atoms with Crippen LogP contribution in [0.25, 0.3) is 0 Å². The van der Waals surface area contributed by atoms with E-state index in [1.165, 1.54) is 32.1 Å². The van der Waals surface area contributed by atoms with Gasteiger partial charge in [-0.3, -0.25) is 20.2 Å². The van der Waals surface area contributed by atoms with Gasteiger partial charge in [-0.1, -0.05) is 83.5 Å². The van der Waals surface area contributed by atoms with Gasteiger partial charge in [0.25, 0.3) is 0 Å². The van der Waals surface area contributed by atoms with Crippen LogP contribution in [0.1, 0.15) is 116 Å². The first kappa shape index (κ1) is 33.8. The fourth-order valence-corrected chi connectivity index (χ4v) is 3.91. The van der Waals surface area contributed by atoms with E-state index in [0.29, 0.717) is 12.8 Å². The molecule has 35 heavy (non-hydrogen) atoms. The summed E-state index contributed by atoms with van der Waals surface area (Å²) in [7, 11) is -4.74. The first-order chi connectivity index (χ1) is 16.8. The number of phosphoric ester groups is 1. The Balaban J connectivity index is 4.09. The summed E-state index contributed by atoms with van der Waals surface area (Å²) in [5.74, 6) is -0.938. The van der Waals surface area contributed by atoms with Crippen LogP contribution in [0, 0.1) is 13.5 Å². The van der Waals surface area contributed by atoms with Crippen LogP contribution in [-0.2, 0) is 28.2 Å². The minimum atomic E-state index is -4.74. The molecule has 0 aliphatic rings. The van der Waals surface area contributed by atoms with E-state index in [-0.39, 0.29) is 19.4 Å². The molecule has 0 fully saturated rings. The van der Waals surface area contributed by atoms with E-state index in [4.69, 9.17) is 25.8 Å². The van der Waals surface area contributed by atoms with Gasteiger partial charge >= 0.3 is 19.8 Å². The first-order valence-electron chi connectivity index (χ1n) is 13.2. The SMILES string of the molecule is [CH-]=CCCCCCCCC(=O)O[C@@H](COC(=O)CCCCCCCCCCC[CH2-])COP(=O)(O)O. The lowest BCUT2D eigenvalue weighted by Crippen LogP contribution is -2.29. The zero-order valence-corrected chi connectivity index (χ0v) is 22.3. The molecule has 0 spiro atoms. The topological polar surface area (TPSA) is 119 Å². The van der Waals surface area contributed by atoms with Crippen molar-refractivity contribution in [3.8, 4) is 0 Å². The second kappa shape index (κ2) is 23.2. The predicted octanol–water partition coefficient (Wildman–Crippen LogP) is 6.40. The Morgan fingerprint density at radius 1 is 0.771 bits per heavy atom. The number of esters is 2. The van der Waals surface area contributed by atoms with Crippen LogP contribution < -0.4 is 0 Å². The Bertz CT molecular complexity index is 590. The highest BCUT2D eigenvalue weighted by Gasteiger charge is 2.22. The molecule has 0 rings (SSSR count). The van der Waals surface area contributed by atoms with E-state index in [1.807, 2.05) is 0 Å². The molecule has 0 aliphatic heterocycles. The predicted molar refractivity (Wildman–Crippen MR) is 136 cm³/mol. The maximum absolute atomic E-state index is 12.1. The average molecular weight is 519 g/mol. The molecule has 0 aromatic carbocycles. The molecule has 206 valence electrons. The summed E-state index contributed by atoms with van der Waals surface area (Å²) in [6.45, 7) is 8.33. The van der Waals surface area contributed by atoms with E-state index in [1.54, 1.807) is 6.08 Å². The van der Waals surface area contributed by atoms with Crippen molar-refractivity contribution in [3.63, 3.8) is 0 Å². The molecule has 0 aliphatic carbocycles. The van der Waals surface area contributed by atoms with Gasteiger partial charge in [-0.2, -0.15) is 6.42 Å². The zero-order valence-electron chi connectivity index (χ0n) is 21.4. The second-order valence-corrected chi connectivity index (χ2v) is 10.1. The summed E-state index contributed by atoms with van der Waals surface area (Å²) in [5, 5.41) is 0. The number of allylic oxidation sites excluding steroid dienone is 1. The van der Waals surface area contributed by atoms with E-state index in [2.05, 4.69) is 11.4 Å². The van der Waals surface area contributed by atoms with Gasteiger partial charge in [-0.25, -0.2) is 4.57 Å². The van der Waals surface area contributed by atoms with Crippen molar-refractivity contribution >= 4 is 19.8 Å². The van der Waals surface area contributed by atoms with Gasteiger partial charge < -0.3 is 32.8 Å². The second-order valence-electron chi connectivity index (χ2n) is 8.91. The lowest BCUT2D eigenvalue weighted by atomic mass is 10.1. The number of rotatable bonds is 25. The Kier molecular flexibility index (Phi) is 22.4. The minimum Gasteiger partial charge on any atom is -0.518 e. The molecule has 0 heterocycles. The normalized spacial score (nSPS) is 12.3. The van der Waals surface area contributed by atoms with Gasteiger partial charge in [0.15, 0.2) is 6.10 Å². The molecule has 0 saturated heterocycles. The molecule has 2 N–H and O–H groups in total. The van der Waals surface area contributed by atoms with Crippen LogP contribution in [0.3, 0.4) is 0 Å². The lowest BCUT2D eigenvalue weighted by molar-refractivity contribution is -0.161. The molecule has 1 atom stereocenters. The summed E-state index contributed by atoms with van der Waals surface area (Å²) in [6, 6.07) is 0. The van der Waals surface area contributed by atoms with Gasteiger partial charge in [-0.15, -0.1) is 0 Å². The smallest absolute Gasteiger partial charge is 0.469 e. The van der Waals surface area contributed by atoms with Crippen molar-refractivity contribution < 1.29 is 37.9 Å². The van der Waals surface area contributed by atoms with Crippen LogP contribution in [0.2, 0.25) is 0 Å². The van der Waals surface area contributed by atoms with Crippen molar-refractivity contribution in [2.45, 2.75) is 122 Å². The van der Waals surface area contributed by atoms with Gasteiger partial charge in [0.1, 0.15) is 6.61 Å². The van der Waals surface area contributed by atoms with Gasteiger partial charge in [0, 0.05) is 12.8 Å². The Hall–Kier alpha value is -1.21. The van der Waals surface area contributed by atoms with Crippen molar-refractivity contribution in [3.05, 3.63) is 19.6 Å². The minimum absolute atomic E-state index is 0.180. The largest absolute Gasteiger partial charge is 0.518 e. The fourth-order valence-electron chi connectivity index (χ4n) is 3.54. The number of hydrogen-bond acceptors (Lipinski definition) is 6. The molecule has 0 bridgehead atoms. The highest BCUT2D eigenvalue weighted by Crippen LogP contribution is 2.35. The molecule has 0 saturated carbocycles. The Labute approximate surface area is 212 Å². The highest BCUT2D eigenvalue weighted by molar-refractivity contribution is 7.46. The number of unbranched alkanes of at least 4 members (excludes halogenated alkanes) is 14. The van der Waals surface area contributed by atoms with Crippen molar-refractivity contribution in [1.29, 1.82) is 0 Å². The molecular weight excluding hydrogens is 471 g/mol. The summed E-state index contributed by atoms with van der Waals surface area (Å²) >= 11 is 0. The average Bonchev–Trinajstić information content (AvgIpc) is 2.81. The zero-order chi connectivity index (χ0) is 26.2. The molecule has 9 heteroatoms. The van der Waals surface area contributed by atoms with E-state index < -0.39 is 32.5 Å². The number of carbonyl (C=O) groups is 2. The fraction of sp³-hybridized carbons (Fsp3) is 0.808. The van der Waals surface area contributed by atoms with Crippen LogP contribution in [0.5, 0.6) is 0 Å². The summed E-state index contributed by atoms with van der Waals surface area (Å²) in [6.07, 6.45) is 17.5. The third kappa shape index (κ3) is 25.7. The lowest BCUT2D eigenvalue weighted by Gasteiger charge is -2.18.